The molecule has 1 aromatic rings. The van der Waals surface area contributed by atoms with Gasteiger partial charge >= 0.3 is 5.97 Å². The Labute approximate surface area is 163 Å². The van der Waals surface area contributed by atoms with Crippen molar-refractivity contribution in [3.05, 3.63) is 28.3 Å². The summed E-state index contributed by atoms with van der Waals surface area (Å²) in [4.78, 5) is 12.0. The molecule has 0 aliphatic carbocycles. The van der Waals surface area contributed by atoms with Crippen molar-refractivity contribution >= 4 is 17.7 Å². The number of rotatable bonds is 7. The molecule has 0 atom stereocenters. The fourth-order valence-corrected chi connectivity index (χ4v) is 3.73. The maximum Gasteiger partial charge on any atom is 0.306 e. The maximum atomic E-state index is 12.0. The Morgan fingerprint density at radius 2 is 1.77 bits per heavy atom. The molecule has 0 unspecified atom stereocenters. The molecule has 0 radical (unpaired) electrons. The van der Waals surface area contributed by atoms with Gasteiger partial charge in [0.1, 0.15) is 12.4 Å². The highest BCUT2D eigenvalue weighted by Gasteiger charge is 2.29. The van der Waals surface area contributed by atoms with Crippen LogP contribution in [0.5, 0.6) is 5.75 Å². The van der Waals surface area contributed by atoms with Gasteiger partial charge in [-0.1, -0.05) is 54.5 Å². The van der Waals surface area contributed by atoms with Crippen LogP contribution in [0, 0.1) is 6.92 Å². The molecule has 0 amide bonds. The first-order chi connectivity index (χ1) is 11.9. The monoisotopic (exact) mass is 380 g/mol. The van der Waals surface area contributed by atoms with Gasteiger partial charge in [-0.15, -0.1) is 0 Å². The highest BCUT2D eigenvalue weighted by atomic mass is 32.2. The van der Waals surface area contributed by atoms with Crippen LogP contribution in [0.25, 0.3) is 0 Å². The van der Waals surface area contributed by atoms with Gasteiger partial charge in [-0.3, -0.25) is 4.79 Å². The van der Waals surface area contributed by atoms with Crippen molar-refractivity contribution in [3.8, 4) is 5.75 Å². The Kier molecular flexibility index (Phi) is 8.06. The summed E-state index contributed by atoms with van der Waals surface area (Å²) in [6, 6.07) is 2.07. The van der Waals surface area contributed by atoms with E-state index in [-0.39, 0.29) is 16.8 Å². The second-order valence-electron chi connectivity index (χ2n) is 8.85. The minimum Gasteiger partial charge on any atom is -0.507 e. The van der Waals surface area contributed by atoms with E-state index < -0.39 is 0 Å². The molecular weight excluding hydrogens is 344 g/mol. The number of carbonyl (C=O) groups excluding carboxylic acids is 1. The van der Waals surface area contributed by atoms with Gasteiger partial charge < -0.3 is 9.84 Å². The fraction of sp³-hybridized carbons (Fsp3) is 0.682. The summed E-state index contributed by atoms with van der Waals surface area (Å²) in [6.07, 6.45) is 1.01. The van der Waals surface area contributed by atoms with Gasteiger partial charge in [0.05, 0.1) is 0 Å². The quantitative estimate of drug-likeness (QED) is 0.499. The molecule has 0 saturated heterocycles. The average Bonchev–Trinajstić information content (AvgIpc) is 2.48. The van der Waals surface area contributed by atoms with Gasteiger partial charge in [0, 0.05) is 17.7 Å². The zero-order chi connectivity index (χ0) is 20.1. The van der Waals surface area contributed by atoms with Crippen LogP contribution < -0.4 is 0 Å². The molecule has 26 heavy (non-hydrogen) atoms. The summed E-state index contributed by atoms with van der Waals surface area (Å²) >= 11 is 1.77. The summed E-state index contributed by atoms with van der Waals surface area (Å²) in [5.74, 6) is 2.13. The van der Waals surface area contributed by atoms with Crippen LogP contribution in [0.4, 0.5) is 0 Å². The van der Waals surface area contributed by atoms with E-state index in [1.165, 1.54) is 0 Å². The Morgan fingerprint density at radius 3 is 2.27 bits per heavy atom. The van der Waals surface area contributed by atoms with Gasteiger partial charge in [0.25, 0.3) is 0 Å². The molecule has 1 rings (SSSR count). The molecule has 0 aromatic heterocycles. The average molecular weight is 381 g/mol. The Hall–Kier alpha value is -1.16. The third-order valence-corrected chi connectivity index (χ3v) is 5.38. The first kappa shape index (κ1) is 22.9. The molecule has 0 aliphatic heterocycles. The van der Waals surface area contributed by atoms with Crippen molar-refractivity contribution in [2.45, 2.75) is 79.1 Å². The normalized spacial score (nSPS) is 12.3. The second-order valence-corrected chi connectivity index (χ2v) is 10.2. The van der Waals surface area contributed by atoms with Gasteiger partial charge in [-0.2, -0.15) is 11.8 Å². The largest absolute Gasteiger partial charge is 0.507 e. The topological polar surface area (TPSA) is 46.5 Å². The molecule has 0 heterocycles. The van der Waals surface area contributed by atoms with Crippen molar-refractivity contribution in [2.75, 3.05) is 18.1 Å². The number of hydrogen-bond acceptors (Lipinski definition) is 4. The van der Waals surface area contributed by atoms with Crippen LogP contribution in [0.2, 0.25) is 0 Å². The Morgan fingerprint density at radius 1 is 1.15 bits per heavy atom. The predicted molar refractivity (Wildman–Crippen MR) is 113 cm³/mol. The van der Waals surface area contributed by atoms with Crippen molar-refractivity contribution in [1.29, 1.82) is 0 Å². The van der Waals surface area contributed by atoms with Crippen LogP contribution in [0.3, 0.4) is 0 Å². The number of thioether (sulfide) groups is 1. The van der Waals surface area contributed by atoms with Crippen LogP contribution in [-0.2, 0) is 26.8 Å². The van der Waals surface area contributed by atoms with Crippen LogP contribution in [0.15, 0.2) is 6.07 Å². The number of benzene rings is 1. The van der Waals surface area contributed by atoms with E-state index in [9.17, 15) is 9.90 Å². The zero-order valence-corrected chi connectivity index (χ0v) is 18.6. The minimum absolute atomic E-state index is 0.149. The van der Waals surface area contributed by atoms with E-state index in [0.29, 0.717) is 25.2 Å². The number of phenolic OH excluding ortho intramolecular Hbond substituents is 1. The van der Waals surface area contributed by atoms with Crippen molar-refractivity contribution < 1.29 is 14.6 Å². The smallest absolute Gasteiger partial charge is 0.306 e. The van der Waals surface area contributed by atoms with Crippen molar-refractivity contribution in [3.63, 3.8) is 0 Å². The lowest BCUT2D eigenvalue weighted by Gasteiger charge is -2.30. The summed E-state index contributed by atoms with van der Waals surface area (Å²) < 4.78 is 5.32. The molecule has 0 aliphatic rings. The number of aromatic hydroxyl groups is 1. The van der Waals surface area contributed by atoms with E-state index >= 15 is 0 Å². The predicted octanol–water partition coefficient (Wildman–Crippen LogP) is 5.52. The number of hydrogen-bond donors (Lipinski definition) is 1. The molecule has 0 fully saturated rings. The molecule has 1 N–H and O–H groups in total. The minimum atomic E-state index is -0.165. The first-order valence-electron chi connectivity index (χ1n) is 9.49. The number of aryl methyl sites for hydroxylation is 1. The highest BCUT2D eigenvalue weighted by molar-refractivity contribution is 7.99. The third kappa shape index (κ3) is 6.22. The number of ether oxygens (including phenoxy) is 1. The summed E-state index contributed by atoms with van der Waals surface area (Å²) in [5, 5.41) is 10.9. The van der Waals surface area contributed by atoms with Gasteiger partial charge in [-0.05, 0) is 46.6 Å². The summed E-state index contributed by atoms with van der Waals surface area (Å²) in [5.41, 5.74) is 3.80. The van der Waals surface area contributed by atoms with Crippen LogP contribution in [-0.4, -0.2) is 29.2 Å². The lowest BCUT2D eigenvalue weighted by molar-refractivity contribution is -0.142. The first-order valence-corrected chi connectivity index (χ1v) is 10.6. The fourth-order valence-electron chi connectivity index (χ4n) is 3.24. The maximum absolute atomic E-state index is 12.0. The van der Waals surface area contributed by atoms with Crippen molar-refractivity contribution in [2.24, 2.45) is 0 Å². The van der Waals surface area contributed by atoms with E-state index in [1.807, 2.05) is 6.92 Å². The standard InChI is InChI=1S/C22H36O3S/c1-9-26-13-12-25-18(23)11-10-16-14-17(21(3,4)5)20(24)19(15(16)2)22(6,7)8/h14,24H,9-13H2,1-8H3. The number of carbonyl (C=O) groups is 1. The zero-order valence-electron chi connectivity index (χ0n) is 17.8. The molecule has 1 aromatic carbocycles. The molecule has 0 saturated carbocycles. The molecule has 3 nitrogen and oxygen atoms in total. The number of phenols is 1. The van der Waals surface area contributed by atoms with Gasteiger partial charge in [0.2, 0.25) is 0 Å². The van der Waals surface area contributed by atoms with Crippen LogP contribution in [0.1, 0.15) is 77.1 Å². The molecule has 148 valence electrons. The van der Waals surface area contributed by atoms with Gasteiger partial charge in [0.15, 0.2) is 0 Å². The van der Waals surface area contributed by atoms with Crippen LogP contribution >= 0.6 is 11.8 Å². The lowest BCUT2D eigenvalue weighted by atomic mass is 9.75. The highest BCUT2D eigenvalue weighted by Crippen LogP contribution is 2.42. The van der Waals surface area contributed by atoms with E-state index in [4.69, 9.17) is 4.74 Å². The molecule has 0 bridgehead atoms. The van der Waals surface area contributed by atoms with Gasteiger partial charge in [-0.25, -0.2) is 0 Å². The molecule has 0 spiro atoms. The SMILES string of the molecule is CCSCCOC(=O)CCc1cc(C(C)(C)C)c(O)c(C(C)(C)C)c1C. The summed E-state index contributed by atoms with van der Waals surface area (Å²) in [7, 11) is 0. The van der Waals surface area contributed by atoms with Crippen molar-refractivity contribution in [1.82, 2.24) is 0 Å². The Balaban J connectivity index is 3.06. The second kappa shape index (κ2) is 9.16. The summed E-state index contributed by atoms with van der Waals surface area (Å²) in [6.45, 7) is 17.3. The lowest BCUT2D eigenvalue weighted by Crippen LogP contribution is -2.20. The van der Waals surface area contributed by atoms with E-state index in [1.54, 1.807) is 11.8 Å². The Bertz CT molecular complexity index is 622. The third-order valence-electron chi connectivity index (χ3n) is 4.52. The molecular formula is C22H36O3S. The molecule has 4 heteroatoms. The van der Waals surface area contributed by atoms with E-state index in [2.05, 4.69) is 54.5 Å². The number of esters is 1. The van der Waals surface area contributed by atoms with E-state index in [0.717, 1.165) is 33.8 Å².